The molecule has 0 aromatic heterocycles. The maximum Gasteiger partial charge on any atom is 0.0223 e. The highest BCUT2D eigenvalue weighted by Crippen LogP contribution is 2.31. The van der Waals surface area contributed by atoms with Crippen LogP contribution in [0.25, 0.3) is 0 Å². The van der Waals surface area contributed by atoms with Gasteiger partial charge in [-0.2, -0.15) is 0 Å². The molecule has 2 heteroatoms. The van der Waals surface area contributed by atoms with Crippen molar-refractivity contribution in [2.45, 2.75) is 116 Å². The summed E-state index contributed by atoms with van der Waals surface area (Å²) in [7, 11) is 0. The Balaban J connectivity index is 1.52. The van der Waals surface area contributed by atoms with Crippen LogP contribution in [-0.2, 0) is 0 Å². The lowest BCUT2D eigenvalue weighted by atomic mass is 9.78. The third kappa shape index (κ3) is 4.95. The zero-order chi connectivity index (χ0) is 16.2. The monoisotopic (exact) mass is 320 g/mol. The number of nitrogens with one attached hydrogen (secondary N) is 2. The van der Waals surface area contributed by atoms with Crippen molar-refractivity contribution in [2.75, 3.05) is 0 Å². The Bertz CT molecular complexity index is 348. The quantitative estimate of drug-likeness (QED) is 0.771. The van der Waals surface area contributed by atoms with E-state index in [1.807, 2.05) is 0 Å². The third-order valence-corrected chi connectivity index (χ3v) is 7.09. The topological polar surface area (TPSA) is 24.1 Å². The lowest BCUT2D eigenvalue weighted by molar-refractivity contribution is 0.168. The summed E-state index contributed by atoms with van der Waals surface area (Å²) < 4.78 is 0. The van der Waals surface area contributed by atoms with Crippen LogP contribution in [0.3, 0.4) is 0 Å². The molecule has 3 fully saturated rings. The van der Waals surface area contributed by atoms with Gasteiger partial charge in [-0.3, -0.25) is 0 Å². The smallest absolute Gasteiger partial charge is 0.0223 e. The van der Waals surface area contributed by atoms with Crippen molar-refractivity contribution in [3.05, 3.63) is 0 Å². The first kappa shape index (κ1) is 17.7. The normalized spacial score (nSPS) is 45.8. The number of rotatable bonds is 4. The molecule has 0 radical (unpaired) electrons. The zero-order valence-electron chi connectivity index (χ0n) is 15.8. The highest BCUT2D eigenvalue weighted by Gasteiger charge is 2.32. The number of hydrogen-bond acceptors (Lipinski definition) is 2. The molecule has 134 valence electrons. The average Bonchev–Trinajstić information content (AvgIpc) is 2.54. The molecule has 0 aromatic carbocycles. The van der Waals surface area contributed by atoms with E-state index in [9.17, 15) is 0 Å². The van der Waals surface area contributed by atoms with Crippen molar-refractivity contribution in [1.82, 2.24) is 10.6 Å². The molecule has 5 unspecified atom stereocenters. The van der Waals surface area contributed by atoms with E-state index in [0.717, 1.165) is 41.9 Å². The Morgan fingerprint density at radius 2 is 1.17 bits per heavy atom. The average molecular weight is 321 g/mol. The summed E-state index contributed by atoms with van der Waals surface area (Å²) in [4.78, 5) is 0. The highest BCUT2D eigenvalue weighted by molar-refractivity contribution is 4.93. The first-order chi connectivity index (χ1) is 11.1. The van der Waals surface area contributed by atoms with Crippen molar-refractivity contribution < 1.29 is 0 Å². The molecular formula is C21H40N2. The first-order valence-corrected chi connectivity index (χ1v) is 10.6. The van der Waals surface area contributed by atoms with Crippen LogP contribution in [0.1, 0.15) is 91.4 Å². The molecule has 0 heterocycles. The minimum atomic E-state index is 0.726. The van der Waals surface area contributed by atoms with Gasteiger partial charge in [0.2, 0.25) is 0 Å². The molecule has 0 aromatic rings. The van der Waals surface area contributed by atoms with Gasteiger partial charge < -0.3 is 10.6 Å². The SMILES string of the molecule is CC1CCC(NC2CCCCC2NC2CCC(C)CC2C)CC1. The summed E-state index contributed by atoms with van der Waals surface area (Å²) in [5.41, 5.74) is 0. The maximum atomic E-state index is 4.11. The highest BCUT2D eigenvalue weighted by atomic mass is 15.1. The van der Waals surface area contributed by atoms with E-state index >= 15 is 0 Å². The third-order valence-electron chi connectivity index (χ3n) is 7.09. The Labute approximate surface area is 144 Å². The lowest BCUT2D eigenvalue weighted by Gasteiger charge is -2.42. The van der Waals surface area contributed by atoms with Crippen molar-refractivity contribution in [3.63, 3.8) is 0 Å². The molecule has 3 rings (SSSR count). The standard InChI is InChI=1S/C21H40N2/c1-15-8-11-18(12-9-15)22-20-6-4-5-7-21(20)23-19-13-10-16(2)14-17(19)3/h15-23H,4-14H2,1-3H3. The molecule has 5 atom stereocenters. The minimum absolute atomic E-state index is 0.726. The van der Waals surface area contributed by atoms with Gasteiger partial charge in [0.15, 0.2) is 0 Å². The molecule has 2 N–H and O–H groups in total. The summed E-state index contributed by atoms with van der Waals surface area (Å²) in [6, 6.07) is 3.02. The molecular weight excluding hydrogens is 280 g/mol. The Kier molecular flexibility index (Phi) is 6.43. The summed E-state index contributed by atoms with van der Waals surface area (Å²) in [5.74, 6) is 2.75. The van der Waals surface area contributed by atoms with Crippen molar-refractivity contribution >= 4 is 0 Å². The van der Waals surface area contributed by atoms with Crippen LogP contribution in [0.4, 0.5) is 0 Å². The Morgan fingerprint density at radius 1 is 0.565 bits per heavy atom. The summed E-state index contributed by atoms with van der Waals surface area (Å²) in [5, 5.41) is 8.19. The van der Waals surface area contributed by atoms with E-state index in [4.69, 9.17) is 0 Å². The van der Waals surface area contributed by atoms with Crippen LogP contribution in [0, 0.1) is 17.8 Å². The Hall–Kier alpha value is -0.0800. The zero-order valence-corrected chi connectivity index (χ0v) is 15.8. The van der Waals surface area contributed by atoms with Crippen LogP contribution < -0.4 is 10.6 Å². The molecule has 3 aliphatic carbocycles. The second-order valence-corrected chi connectivity index (χ2v) is 9.29. The second-order valence-electron chi connectivity index (χ2n) is 9.29. The van der Waals surface area contributed by atoms with Crippen LogP contribution >= 0.6 is 0 Å². The Morgan fingerprint density at radius 3 is 1.83 bits per heavy atom. The van der Waals surface area contributed by atoms with Crippen molar-refractivity contribution in [3.8, 4) is 0 Å². The summed E-state index contributed by atoms with van der Waals surface area (Å²) in [6.45, 7) is 7.33. The second kappa shape index (κ2) is 8.34. The van der Waals surface area contributed by atoms with Crippen LogP contribution in [-0.4, -0.2) is 24.2 Å². The lowest BCUT2D eigenvalue weighted by Crippen LogP contribution is -2.57. The van der Waals surface area contributed by atoms with Crippen molar-refractivity contribution in [1.29, 1.82) is 0 Å². The first-order valence-electron chi connectivity index (χ1n) is 10.6. The van der Waals surface area contributed by atoms with Crippen LogP contribution in [0.5, 0.6) is 0 Å². The molecule has 0 saturated heterocycles. The molecule has 3 aliphatic rings. The van der Waals surface area contributed by atoms with E-state index in [0.29, 0.717) is 0 Å². The van der Waals surface area contributed by atoms with Crippen molar-refractivity contribution in [2.24, 2.45) is 17.8 Å². The van der Waals surface area contributed by atoms with E-state index in [-0.39, 0.29) is 0 Å². The predicted octanol–water partition coefficient (Wildman–Crippen LogP) is 4.88. The summed E-state index contributed by atoms with van der Waals surface area (Å²) >= 11 is 0. The molecule has 0 amide bonds. The fourth-order valence-corrected chi connectivity index (χ4v) is 5.45. The van der Waals surface area contributed by atoms with Gasteiger partial charge in [0.1, 0.15) is 0 Å². The molecule has 0 bridgehead atoms. The van der Waals surface area contributed by atoms with Gasteiger partial charge in [-0.1, -0.05) is 33.6 Å². The van der Waals surface area contributed by atoms with Gasteiger partial charge in [-0.05, 0) is 75.5 Å². The molecule has 23 heavy (non-hydrogen) atoms. The van der Waals surface area contributed by atoms with Crippen LogP contribution in [0.15, 0.2) is 0 Å². The van der Waals surface area contributed by atoms with Gasteiger partial charge in [-0.15, -0.1) is 0 Å². The van der Waals surface area contributed by atoms with Gasteiger partial charge in [0, 0.05) is 24.2 Å². The largest absolute Gasteiger partial charge is 0.310 e. The van der Waals surface area contributed by atoms with E-state index in [1.54, 1.807) is 0 Å². The molecule has 0 aliphatic heterocycles. The predicted molar refractivity (Wildman–Crippen MR) is 99.7 cm³/mol. The molecule has 0 spiro atoms. The van der Waals surface area contributed by atoms with E-state index < -0.39 is 0 Å². The van der Waals surface area contributed by atoms with Gasteiger partial charge in [0.05, 0.1) is 0 Å². The van der Waals surface area contributed by atoms with E-state index in [1.165, 1.54) is 70.6 Å². The van der Waals surface area contributed by atoms with Gasteiger partial charge >= 0.3 is 0 Å². The maximum absolute atomic E-state index is 4.11. The number of hydrogen-bond donors (Lipinski definition) is 2. The van der Waals surface area contributed by atoms with Gasteiger partial charge in [-0.25, -0.2) is 0 Å². The van der Waals surface area contributed by atoms with Crippen LogP contribution in [0.2, 0.25) is 0 Å². The fourth-order valence-electron chi connectivity index (χ4n) is 5.45. The molecule has 3 saturated carbocycles. The molecule has 2 nitrogen and oxygen atoms in total. The fraction of sp³-hybridized carbons (Fsp3) is 1.00. The summed E-state index contributed by atoms with van der Waals surface area (Å²) in [6.07, 6.45) is 15.5. The van der Waals surface area contributed by atoms with Gasteiger partial charge in [0.25, 0.3) is 0 Å². The van der Waals surface area contributed by atoms with E-state index in [2.05, 4.69) is 31.4 Å². The minimum Gasteiger partial charge on any atom is -0.310 e.